The number of hydrogen-bond donors (Lipinski definition) is 1. The van der Waals surface area contributed by atoms with Crippen LogP contribution in [0.1, 0.15) is 42.6 Å². The van der Waals surface area contributed by atoms with Gasteiger partial charge >= 0.3 is 0 Å². The number of aryl methyl sites for hydroxylation is 1. The van der Waals surface area contributed by atoms with E-state index in [4.69, 9.17) is 4.74 Å². The number of anilines is 1. The van der Waals surface area contributed by atoms with Crippen LogP contribution in [-0.4, -0.2) is 38.8 Å². The number of rotatable bonds is 9. The molecule has 0 aliphatic heterocycles. The van der Waals surface area contributed by atoms with Crippen LogP contribution in [0.2, 0.25) is 0 Å². The number of nitrogens with zero attached hydrogens (tertiary/aromatic N) is 1. The minimum atomic E-state index is -3.65. The molecule has 2 aromatic rings. The molecule has 6 nitrogen and oxygen atoms in total. The van der Waals surface area contributed by atoms with Crippen molar-refractivity contribution >= 4 is 21.6 Å². The molecule has 0 atom stereocenters. The van der Waals surface area contributed by atoms with Gasteiger partial charge in [0.1, 0.15) is 5.75 Å². The Labute approximate surface area is 167 Å². The van der Waals surface area contributed by atoms with Gasteiger partial charge in [-0.05, 0) is 55.7 Å². The van der Waals surface area contributed by atoms with E-state index in [1.165, 1.54) is 23.5 Å². The van der Waals surface area contributed by atoms with Gasteiger partial charge in [-0.3, -0.25) is 4.79 Å². The highest BCUT2D eigenvalue weighted by atomic mass is 32.2. The lowest BCUT2D eigenvalue weighted by atomic mass is 10.1. The summed E-state index contributed by atoms with van der Waals surface area (Å²) in [5, 5.41) is 2.80. The van der Waals surface area contributed by atoms with Gasteiger partial charge in [0.25, 0.3) is 5.91 Å². The van der Waals surface area contributed by atoms with Crippen LogP contribution in [0.5, 0.6) is 5.75 Å². The number of benzene rings is 2. The first-order valence-corrected chi connectivity index (χ1v) is 10.8. The number of sulfonamides is 1. The molecule has 0 bridgehead atoms. The molecule has 0 aliphatic rings. The Morgan fingerprint density at radius 1 is 1.07 bits per heavy atom. The summed E-state index contributed by atoms with van der Waals surface area (Å²) in [5.74, 6) is 0.151. The largest absolute Gasteiger partial charge is 0.495 e. The lowest BCUT2D eigenvalue weighted by molar-refractivity contribution is 0.102. The van der Waals surface area contributed by atoms with Crippen molar-refractivity contribution in [3.63, 3.8) is 0 Å². The number of hydrogen-bond acceptors (Lipinski definition) is 4. The highest BCUT2D eigenvalue weighted by Crippen LogP contribution is 2.26. The number of methoxy groups -OCH3 is 1. The minimum absolute atomic E-state index is 0.123. The predicted molar refractivity (Wildman–Crippen MR) is 111 cm³/mol. The first kappa shape index (κ1) is 21.9. The summed E-state index contributed by atoms with van der Waals surface area (Å²) in [4.78, 5) is 12.8. The molecule has 2 rings (SSSR count). The summed E-state index contributed by atoms with van der Waals surface area (Å²) < 4.78 is 32.7. The fourth-order valence-electron chi connectivity index (χ4n) is 2.91. The summed E-state index contributed by atoms with van der Waals surface area (Å²) in [7, 11) is -2.11. The van der Waals surface area contributed by atoms with Crippen LogP contribution in [0.25, 0.3) is 0 Å². The monoisotopic (exact) mass is 404 g/mol. The van der Waals surface area contributed by atoms with Crippen LogP contribution in [0.4, 0.5) is 5.69 Å². The molecule has 0 saturated heterocycles. The molecular weight excluding hydrogens is 376 g/mol. The van der Waals surface area contributed by atoms with E-state index >= 15 is 0 Å². The van der Waals surface area contributed by atoms with Crippen molar-refractivity contribution in [1.82, 2.24) is 4.31 Å². The van der Waals surface area contributed by atoms with E-state index in [1.807, 2.05) is 32.9 Å². The third-order valence-electron chi connectivity index (χ3n) is 4.28. The highest BCUT2D eigenvalue weighted by molar-refractivity contribution is 7.89. The maximum atomic E-state index is 13.0. The molecule has 0 fully saturated rings. The molecule has 0 aromatic heterocycles. The summed E-state index contributed by atoms with van der Waals surface area (Å²) in [6.07, 6.45) is 1.46. The second-order valence-electron chi connectivity index (χ2n) is 6.59. The van der Waals surface area contributed by atoms with Crippen molar-refractivity contribution in [2.45, 2.75) is 38.5 Å². The van der Waals surface area contributed by atoms with Gasteiger partial charge < -0.3 is 10.1 Å². The van der Waals surface area contributed by atoms with E-state index in [1.54, 1.807) is 18.2 Å². The smallest absolute Gasteiger partial charge is 0.255 e. The summed E-state index contributed by atoms with van der Waals surface area (Å²) in [6.45, 7) is 6.70. The van der Waals surface area contributed by atoms with Gasteiger partial charge in [0.2, 0.25) is 10.0 Å². The molecule has 0 heterocycles. The topological polar surface area (TPSA) is 75.7 Å². The van der Waals surface area contributed by atoms with E-state index < -0.39 is 15.9 Å². The van der Waals surface area contributed by atoms with Gasteiger partial charge in [0.15, 0.2) is 0 Å². The highest BCUT2D eigenvalue weighted by Gasteiger charge is 2.24. The van der Waals surface area contributed by atoms with Gasteiger partial charge in [-0.1, -0.05) is 26.0 Å². The molecule has 2 aromatic carbocycles. The number of nitrogens with one attached hydrogen (secondary N) is 1. The third-order valence-corrected chi connectivity index (χ3v) is 6.18. The molecule has 28 heavy (non-hydrogen) atoms. The third kappa shape index (κ3) is 5.11. The molecule has 0 spiro atoms. The Kier molecular flexibility index (Phi) is 7.60. The molecule has 0 radical (unpaired) electrons. The van der Waals surface area contributed by atoms with E-state index in [0.717, 1.165) is 18.4 Å². The fourth-order valence-corrected chi connectivity index (χ4v) is 4.58. The van der Waals surface area contributed by atoms with Gasteiger partial charge in [0.05, 0.1) is 17.7 Å². The number of carbonyl (C=O) groups is 1. The van der Waals surface area contributed by atoms with Crippen molar-refractivity contribution in [3.05, 3.63) is 53.6 Å². The van der Waals surface area contributed by atoms with Crippen LogP contribution in [0.15, 0.2) is 47.4 Å². The Morgan fingerprint density at radius 2 is 1.75 bits per heavy atom. The van der Waals surface area contributed by atoms with E-state index in [9.17, 15) is 13.2 Å². The maximum Gasteiger partial charge on any atom is 0.255 e. The molecule has 0 unspecified atom stereocenters. The first-order valence-electron chi connectivity index (χ1n) is 9.39. The first-order chi connectivity index (χ1) is 13.3. The minimum Gasteiger partial charge on any atom is -0.495 e. The van der Waals surface area contributed by atoms with Crippen LogP contribution >= 0.6 is 0 Å². The van der Waals surface area contributed by atoms with Crippen molar-refractivity contribution in [1.29, 1.82) is 0 Å². The van der Waals surface area contributed by atoms with Crippen molar-refractivity contribution in [2.75, 3.05) is 25.5 Å². The van der Waals surface area contributed by atoms with Gasteiger partial charge in [-0.25, -0.2) is 8.42 Å². The van der Waals surface area contributed by atoms with Crippen LogP contribution in [0, 0.1) is 6.92 Å². The maximum absolute atomic E-state index is 13.0. The van der Waals surface area contributed by atoms with Gasteiger partial charge in [-0.15, -0.1) is 0 Å². The molecule has 1 amide bonds. The summed E-state index contributed by atoms with van der Waals surface area (Å²) in [6, 6.07) is 11.6. The van der Waals surface area contributed by atoms with Crippen molar-refractivity contribution in [2.24, 2.45) is 0 Å². The summed E-state index contributed by atoms with van der Waals surface area (Å²) >= 11 is 0. The molecule has 0 saturated carbocycles. The van der Waals surface area contributed by atoms with Crippen molar-refractivity contribution in [3.8, 4) is 5.75 Å². The zero-order chi connectivity index (χ0) is 20.7. The SMILES string of the molecule is CCCN(CCC)S(=O)(=O)c1cccc(C(=O)Nc2cc(C)ccc2OC)c1. The van der Waals surface area contributed by atoms with Crippen molar-refractivity contribution < 1.29 is 17.9 Å². The Morgan fingerprint density at radius 3 is 2.36 bits per heavy atom. The fraction of sp³-hybridized carbons (Fsp3) is 0.381. The second kappa shape index (κ2) is 9.71. The zero-order valence-electron chi connectivity index (χ0n) is 16.9. The predicted octanol–water partition coefficient (Wildman–Crippen LogP) is 4.07. The Balaban J connectivity index is 2.32. The number of ether oxygens (including phenoxy) is 1. The average molecular weight is 405 g/mol. The number of amides is 1. The van der Waals surface area contributed by atoms with E-state index in [-0.39, 0.29) is 10.5 Å². The lowest BCUT2D eigenvalue weighted by Gasteiger charge is -2.21. The van der Waals surface area contributed by atoms with Crippen LogP contribution < -0.4 is 10.1 Å². The lowest BCUT2D eigenvalue weighted by Crippen LogP contribution is -2.32. The number of carbonyl (C=O) groups excluding carboxylic acids is 1. The van der Waals surface area contributed by atoms with Gasteiger partial charge in [0, 0.05) is 18.7 Å². The average Bonchev–Trinajstić information content (AvgIpc) is 2.68. The Hall–Kier alpha value is -2.38. The molecule has 152 valence electrons. The molecule has 7 heteroatoms. The Bertz CT molecular complexity index is 920. The van der Waals surface area contributed by atoms with Crippen LogP contribution in [0.3, 0.4) is 0 Å². The normalized spacial score (nSPS) is 11.5. The summed E-state index contributed by atoms with van der Waals surface area (Å²) in [5.41, 5.74) is 1.79. The molecule has 0 aliphatic carbocycles. The standard InChI is InChI=1S/C21H28N2O4S/c1-5-12-23(13-6-2)28(25,26)18-9-7-8-17(15-18)21(24)22-19-14-16(3)10-11-20(19)27-4/h7-11,14-15H,5-6,12-13H2,1-4H3,(H,22,24). The quantitative estimate of drug-likeness (QED) is 0.684. The van der Waals surface area contributed by atoms with E-state index in [0.29, 0.717) is 24.5 Å². The molecular formula is C21H28N2O4S. The van der Waals surface area contributed by atoms with Gasteiger partial charge in [-0.2, -0.15) is 4.31 Å². The van der Waals surface area contributed by atoms with Crippen LogP contribution in [-0.2, 0) is 10.0 Å². The molecule has 1 N–H and O–H groups in total. The second-order valence-corrected chi connectivity index (χ2v) is 8.53. The zero-order valence-corrected chi connectivity index (χ0v) is 17.7. The van der Waals surface area contributed by atoms with E-state index in [2.05, 4.69) is 5.32 Å².